The third-order valence-corrected chi connectivity index (χ3v) is 4.41. The standard InChI is InChI=1S/C18H14ClFN2O2S/c1-2-24-13-6-7-14(15(20)9-13)18-22-16(10-25-18)17(23)21-12-5-3-4-11(19)8-12/h3-10H,2H2,1H3,(H,21,23). The normalized spacial score (nSPS) is 10.5. The molecule has 0 aliphatic heterocycles. The van der Waals surface area contributed by atoms with Crippen molar-refractivity contribution >= 4 is 34.5 Å². The molecule has 3 aromatic rings. The zero-order valence-electron chi connectivity index (χ0n) is 13.3. The van der Waals surface area contributed by atoms with Crippen molar-refractivity contribution in [1.29, 1.82) is 0 Å². The zero-order chi connectivity index (χ0) is 17.8. The molecule has 1 amide bonds. The van der Waals surface area contributed by atoms with Crippen molar-refractivity contribution in [1.82, 2.24) is 4.98 Å². The molecule has 4 nitrogen and oxygen atoms in total. The first-order chi connectivity index (χ1) is 12.1. The summed E-state index contributed by atoms with van der Waals surface area (Å²) in [5.41, 5.74) is 1.11. The van der Waals surface area contributed by atoms with E-state index in [-0.39, 0.29) is 11.6 Å². The molecule has 0 saturated carbocycles. The summed E-state index contributed by atoms with van der Waals surface area (Å²) >= 11 is 7.09. The second-order valence-electron chi connectivity index (χ2n) is 5.08. The molecule has 25 heavy (non-hydrogen) atoms. The summed E-state index contributed by atoms with van der Waals surface area (Å²) in [5.74, 6) is -0.363. The number of hydrogen-bond acceptors (Lipinski definition) is 4. The van der Waals surface area contributed by atoms with Crippen molar-refractivity contribution in [3.63, 3.8) is 0 Å². The Bertz CT molecular complexity index is 914. The van der Waals surface area contributed by atoms with Crippen molar-refractivity contribution in [2.45, 2.75) is 6.92 Å². The van der Waals surface area contributed by atoms with Crippen molar-refractivity contribution in [2.24, 2.45) is 0 Å². The number of halogens is 2. The van der Waals surface area contributed by atoms with Crippen LogP contribution in [0.5, 0.6) is 5.75 Å². The van der Waals surface area contributed by atoms with Crippen LogP contribution in [0.2, 0.25) is 5.02 Å². The van der Waals surface area contributed by atoms with Gasteiger partial charge in [0.25, 0.3) is 5.91 Å². The van der Waals surface area contributed by atoms with Gasteiger partial charge in [0.05, 0.1) is 6.61 Å². The molecule has 128 valence electrons. The van der Waals surface area contributed by atoms with E-state index in [2.05, 4.69) is 10.3 Å². The first kappa shape index (κ1) is 17.4. The molecule has 1 aromatic heterocycles. The topological polar surface area (TPSA) is 51.2 Å². The molecule has 2 aromatic carbocycles. The molecule has 0 fully saturated rings. The molecule has 0 atom stereocenters. The van der Waals surface area contributed by atoms with Crippen LogP contribution >= 0.6 is 22.9 Å². The van der Waals surface area contributed by atoms with Crippen LogP contribution in [0.4, 0.5) is 10.1 Å². The summed E-state index contributed by atoms with van der Waals surface area (Å²) in [6.07, 6.45) is 0. The number of rotatable bonds is 5. The minimum Gasteiger partial charge on any atom is -0.494 e. The highest BCUT2D eigenvalue weighted by Crippen LogP contribution is 2.29. The van der Waals surface area contributed by atoms with Crippen molar-refractivity contribution in [3.05, 3.63) is 64.4 Å². The highest BCUT2D eigenvalue weighted by molar-refractivity contribution is 7.13. The van der Waals surface area contributed by atoms with Crippen LogP contribution in [0.25, 0.3) is 10.6 Å². The molecular weight excluding hydrogens is 363 g/mol. The Morgan fingerprint density at radius 3 is 2.88 bits per heavy atom. The van der Waals surface area contributed by atoms with Gasteiger partial charge in [0.15, 0.2) is 0 Å². The fourth-order valence-electron chi connectivity index (χ4n) is 2.19. The number of amides is 1. The summed E-state index contributed by atoms with van der Waals surface area (Å²) in [5, 5.41) is 5.25. The first-order valence-electron chi connectivity index (χ1n) is 7.52. The van der Waals surface area contributed by atoms with Gasteiger partial charge in [-0.3, -0.25) is 4.79 Å². The molecule has 3 rings (SSSR count). The highest BCUT2D eigenvalue weighted by atomic mass is 35.5. The lowest BCUT2D eigenvalue weighted by atomic mass is 10.2. The Hall–Kier alpha value is -2.44. The van der Waals surface area contributed by atoms with Gasteiger partial charge in [0.1, 0.15) is 22.3 Å². The number of thiazole rings is 1. The van der Waals surface area contributed by atoms with Crippen LogP contribution < -0.4 is 10.1 Å². The van der Waals surface area contributed by atoms with Crippen LogP contribution in [0.3, 0.4) is 0 Å². The van der Waals surface area contributed by atoms with E-state index in [9.17, 15) is 9.18 Å². The first-order valence-corrected chi connectivity index (χ1v) is 8.77. The maximum Gasteiger partial charge on any atom is 0.275 e. The molecule has 0 aliphatic carbocycles. The molecule has 0 radical (unpaired) electrons. The summed E-state index contributed by atoms with van der Waals surface area (Å²) in [6, 6.07) is 11.4. The number of benzene rings is 2. The lowest BCUT2D eigenvalue weighted by Crippen LogP contribution is -2.12. The third-order valence-electron chi connectivity index (χ3n) is 3.30. The van der Waals surface area contributed by atoms with E-state index in [1.54, 1.807) is 41.8 Å². The van der Waals surface area contributed by atoms with Gasteiger partial charge in [0.2, 0.25) is 0 Å². The number of nitrogens with zero attached hydrogens (tertiary/aromatic N) is 1. The minimum absolute atomic E-state index is 0.216. The van der Waals surface area contributed by atoms with Gasteiger partial charge in [0, 0.05) is 27.7 Å². The van der Waals surface area contributed by atoms with E-state index < -0.39 is 5.82 Å². The quantitative estimate of drug-likeness (QED) is 0.661. The van der Waals surface area contributed by atoms with Gasteiger partial charge >= 0.3 is 0 Å². The van der Waals surface area contributed by atoms with Gasteiger partial charge in [-0.25, -0.2) is 9.37 Å². The van der Waals surface area contributed by atoms with E-state index >= 15 is 0 Å². The van der Waals surface area contributed by atoms with Crippen LogP contribution in [0.15, 0.2) is 47.8 Å². The highest BCUT2D eigenvalue weighted by Gasteiger charge is 2.15. The molecule has 1 heterocycles. The third kappa shape index (κ3) is 4.15. The molecule has 7 heteroatoms. The number of nitrogens with one attached hydrogen (secondary N) is 1. The smallest absolute Gasteiger partial charge is 0.275 e. The van der Waals surface area contributed by atoms with E-state index in [1.165, 1.54) is 17.4 Å². The maximum absolute atomic E-state index is 14.2. The van der Waals surface area contributed by atoms with Gasteiger partial charge in [-0.05, 0) is 37.3 Å². The monoisotopic (exact) mass is 376 g/mol. The van der Waals surface area contributed by atoms with Crippen molar-refractivity contribution in [2.75, 3.05) is 11.9 Å². The van der Waals surface area contributed by atoms with E-state index in [0.29, 0.717) is 33.6 Å². The fourth-order valence-corrected chi connectivity index (χ4v) is 3.21. The molecule has 0 bridgehead atoms. The molecular formula is C18H14ClFN2O2S. The van der Waals surface area contributed by atoms with Crippen LogP contribution in [-0.4, -0.2) is 17.5 Å². The van der Waals surface area contributed by atoms with Crippen LogP contribution in [0, 0.1) is 5.82 Å². The Balaban J connectivity index is 1.79. The summed E-state index contributed by atoms with van der Waals surface area (Å²) in [7, 11) is 0. The summed E-state index contributed by atoms with van der Waals surface area (Å²) < 4.78 is 19.5. The van der Waals surface area contributed by atoms with Crippen molar-refractivity contribution in [3.8, 4) is 16.3 Å². The average Bonchev–Trinajstić information content (AvgIpc) is 3.05. The number of aromatic nitrogens is 1. The van der Waals surface area contributed by atoms with Gasteiger partial charge in [-0.1, -0.05) is 17.7 Å². The maximum atomic E-state index is 14.2. The van der Waals surface area contributed by atoms with E-state index in [0.717, 1.165) is 0 Å². The predicted molar refractivity (Wildman–Crippen MR) is 98.1 cm³/mol. The minimum atomic E-state index is -0.443. The Morgan fingerprint density at radius 2 is 2.16 bits per heavy atom. The Morgan fingerprint density at radius 1 is 1.32 bits per heavy atom. The molecule has 0 saturated heterocycles. The lowest BCUT2D eigenvalue weighted by molar-refractivity contribution is 0.102. The Kier molecular flexibility index (Phi) is 5.31. The molecule has 0 spiro atoms. The Labute approximate surface area is 153 Å². The zero-order valence-corrected chi connectivity index (χ0v) is 14.8. The lowest BCUT2D eigenvalue weighted by Gasteiger charge is -2.05. The average molecular weight is 377 g/mol. The fraction of sp³-hybridized carbons (Fsp3) is 0.111. The predicted octanol–water partition coefficient (Wildman–Crippen LogP) is 5.25. The van der Waals surface area contributed by atoms with Gasteiger partial charge in [-0.15, -0.1) is 11.3 Å². The molecule has 0 unspecified atom stereocenters. The second-order valence-corrected chi connectivity index (χ2v) is 6.37. The number of ether oxygens (including phenoxy) is 1. The van der Waals surface area contributed by atoms with E-state index in [1.807, 2.05) is 6.92 Å². The van der Waals surface area contributed by atoms with Crippen molar-refractivity contribution < 1.29 is 13.9 Å². The van der Waals surface area contributed by atoms with Crippen LogP contribution in [0.1, 0.15) is 17.4 Å². The molecule has 0 aliphatic rings. The SMILES string of the molecule is CCOc1ccc(-c2nc(C(=O)Nc3cccc(Cl)c3)cs2)c(F)c1. The van der Waals surface area contributed by atoms with Crippen LogP contribution in [-0.2, 0) is 0 Å². The largest absolute Gasteiger partial charge is 0.494 e. The van der Waals surface area contributed by atoms with Gasteiger partial charge < -0.3 is 10.1 Å². The molecule has 1 N–H and O–H groups in total. The number of carbonyl (C=O) groups excluding carboxylic acids is 1. The number of hydrogen-bond donors (Lipinski definition) is 1. The summed E-state index contributed by atoms with van der Waals surface area (Å²) in [4.78, 5) is 16.5. The van der Waals surface area contributed by atoms with E-state index in [4.69, 9.17) is 16.3 Å². The van der Waals surface area contributed by atoms with Gasteiger partial charge in [-0.2, -0.15) is 0 Å². The number of anilines is 1. The number of carbonyl (C=O) groups is 1. The summed E-state index contributed by atoms with van der Waals surface area (Å²) in [6.45, 7) is 2.29. The second kappa shape index (κ2) is 7.63.